The highest BCUT2D eigenvalue weighted by Gasteiger charge is 2.08. The van der Waals surface area contributed by atoms with Crippen LogP contribution in [0.5, 0.6) is 5.88 Å². The molecule has 82 valence electrons. The van der Waals surface area contributed by atoms with Gasteiger partial charge in [0.05, 0.1) is 0 Å². The third kappa shape index (κ3) is 2.06. The Kier molecular flexibility index (Phi) is 2.90. The van der Waals surface area contributed by atoms with Crippen LogP contribution in [0.4, 0.5) is 4.39 Å². The van der Waals surface area contributed by atoms with Gasteiger partial charge in [0.1, 0.15) is 15.2 Å². The maximum Gasteiger partial charge on any atom is 0.268 e. The van der Waals surface area contributed by atoms with Crippen LogP contribution in [0.25, 0.3) is 11.4 Å². The Morgan fingerprint density at radius 1 is 1.31 bits per heavy atom. The van der Waals surface area contributed by atoms with Gasteiger partial charge in [-0.2, -0.15) is 4.98 Å². The topological polar surface area (TPSA) is 66.0 Å². The fraction of sp³-hybridized carbons (Fsp3) is 0. The predicted octanol–water partition coefficient (Wildman–Crippen LogP) is 1.89. The summed E-state index contributed by atoms with van der Waals surface area (Å²) in [5.74, 6) is -0.493. The molecule has 0 atom stereocenters. The van der Waals surface area contributed by atoms with Gasteiger partial charge in [0, 0.05) is 5.56 Å². The minimum absolute atomic E-state index is 0.128. The van der Waals surface area contributed by atoms with E-state index in [0.29, 0.717) is 5.56 Å². The molecule has 16 heavy (non-hydrogen) atoms. The summed E-state index contributed by atoms with van der Waals surface area (Å²) in [5.41, 5.74) is 0.109. The molecule has 0 radical (unpaired) electrons. The number of rotatable bonds is 1. The van der Waals surface area contributed by atoms with Crippen LogP contribution >= 0.6 is 22.6 Å². The number of hydrogen-bond acceptors (Lipinski definition) is 3. The van der Waals surface area contributed by atoms with Gasteiger partial charge in [0.2, 0.25) is 5.88 Å². The van der Waals surface area contributed by atoms with Crippen molar-refractivity contribution >= 4 is 22.6 Å². The molecule has 0 aliphatic heterocycles. The molecule has 4 nitrogen and oxygen atoms in total. The predicted molar refractivity (Wildman–Crippen MR) is 64.6 cm³/mol. The van der Waals surface area contributed by atoms with Crippen molar-refractivity contribution in [2.75, 3.05) is 0 Å². The van der Waals surface area contributed by atoms with Gasteiger partial charge in [-0.25, -0.2) is 4.39 Å². The minimum atomic E-state index is -0.424. The van der Waals surface area contributed by atoms with Crippen LogP contribution in [0.2, 0.25) is 0 Å². The molecule has 1 aromatic heterocycles. The van der Waals surface area contributed by atoms with E-state index in [0.717, 1.165) is 0 Å². The van der Waals surface area contributed by atoms with Crippen LogP contribution in [-0.4, -0.2) is 15.1 Å². The molecule has 2 aromatic rings. The first-order valence-electron chi connectivity index (χ1n) is 4.32. The van der Waals surface area contributed by atoms with Gasteiger partial charge in [-0.15, -0.1) is 0 Å². The maximum atomic E-state index is 12.7. The lowest BCUT2D eigenvalue weighted by Gasteiger charge is -2.02. The SMILES string of the molecule is O=c1[nH]c(-c2ccc(F)cc2)nc(O)c1I. The summed E-state index contributed by atoms with van der Waals surface area (Å²) in [6, 6.07) is 5.45. The molecule has 1 heterocycles. The van der Waals surface area contributed by atoms with E-state index in [2.05, 4.69) is 9.97 Å². The van der Waals surface area contributed by atoms with E-state index < -0.39 is 5.56 Å². The van der Waals surface area contributed by atoms with Gasteiger partial charge in [-0.1, -0.05) is 0 Å². The molecule has 0 aliphatic carbocycles. The van der Waals surface area contributed by atoms with Crippen molar-refractivity contribution < 1.29 is 9.50 Å². The lowest BCUT2D eigenvalue weighted by molar-refractivity contribution is 0.447. The Morgan fingerprint density at radius 3 is 2.50 bits per heavy atom. The van der Waals surface area contributed by atoms with Crippen molar-refractivity contribution in [1.29, 1.82) is 0 Å². The van der Waals surface area contributed by atoms with Crippen molar-refractivity contribution in [2.24, 2.45) is 0 Å². The van der Waals surface area contributed by atoms with Gasteiger partial charge in [0.25, 0.3) is 5.56 Å². The molecular formula is C10H6FIN2O2. The number of aromatic nitrogens is 2. The highest BCUT2D eigenvalue weighted by atomic mass is 127. The van der Waals surface area contributed by atoms with Gasteiger partial charge in [0.15, 0.2) is 0 Å². The number of aromatic hydroxyl groups is 1. The van der Waals surface area contributed by atoms with Gasteiger partial charge in [-0.05, 0) is 46.9 Å². The van der Waals surface area contributed by atoms with Crippen molar-refractivity contribution in [3.8, 4) is 17.3 Å². The highest BCUT2D eigenvalue weighted by molar-refractivity contribution is 14.1. The van der Waals surface area contributed by atoms with Gasteiger partial charge < -0.3 is 10.1 Å². The largest absolute Gasteiger partial charge is 0.492 e. The number of nitrogens with one attached hydrogen (secondary N) is 1. The number of benzene rings is 1. The van der Waals surface area contributed by atoms with Gasteiger partial charge >= 0.3 is 0 Å². The smallest absolute Gasteiger partial charge is 0.268 e. The summed E-state index contributed by atoms with van der Waals surface area (Å²) in [6.07, 6.45) is 0. The number of nitrogens with zero attached hydrogens (tertiary/aromatic N) is 1. The number of hydrogen-bond donors (Lipinski definition) is 2. The molecule has 0 saturated heterocycles. The molecule has 0 fully saturated rings. The number of halogens is 2. The van der Waals surface area contributed by atoms with Crippen molar-refractivity contribution in [3.05, 3.63) is 44.0 Å². The lowest BCUT2D eigenvalue weighted by atomic mass is 10.2. The minimum Gasteiger partial charge on any atom is -0.492 e. The zero-order chi connectivity index (χ0) is 11.7. The Hall–Kier alpha value is -1.44. The fourth-order valence-electron chi connectivity index (χ4n) is 1.19. The van der Waals surface area contributed by atoms with E-state index in [4.69, 9.17) is 0 Å². The zero-order valence-electron chi connectivity index (χ0n) is 7.87. The second-order valence-corrected chi connectivity index (χ2v) is 4.14. The molecule has 0 spiro atoms. The number of aromatic amines is 1. The van der Waals surface area contributed by atoms with E-state index in [9.17, 15) is 14.3 Å². The van der Waals surface area contributed by atoms with Crippen molar-refractivity contribution in [1.82, 2.24) is 9.97 Å². The molecular weight excluding hydrogens is 326 g/mol. The quantitative estimate of drug-likeness (QED) is 0.784. The number of H-pyrrole nitrogens is 1. The van der Waals surface area contributed by atoms with Crippen LogP contribution in [0.15, 0.2) is 29.1 Å². The van der Waals surface area contributed by atoms with Crippen LogP contribution < -0.4 is 5.56 Å². The monoisotopic (exact) mass is 332 g/mol. The van der Waals surface area contributed by atoms with Crippen LogP contribution in [0.1, 0.15) is 0 Å². The lowest BCUT2D eigenvalue weighted by Crippen LogP contribution is -2.12. The Bertz CT molecular complexity index is 580. The molecule has 0 saturated carbocycles. The van der Waals surface area contributed by atoms with Crippen molar-refractivity contribution in [2.45, 2.75) is 0 Å². The Morgan fingerprint density at radius 2 is 1.94 bits per heavy atom. The molecule has 0 amide bonds. The van der Waals surface area contributed by atoms with E-state index in [1.165, 1.54) is 24.3 Å². The molecule has 1 aromatic carbocycles. The van der Waals surface area contributed by atoms with Gasteiger partial charge in [-0.3, -0.25) is 4.79 Å². The third-order valence-electron chi connectivity index (χ3n) is 1.96. The summed E-state index contributed by atoms with van der Waals surface area (Å²) in [7, 11) is 0. The summed E-state index contributed by atoms with van der Waals surface area (Å²) in [5, 5.41) is 9.38. The summed E-state index contributed by atoms with van der Waals surface area (Å²) in [4.78, 5) is 17.7. The third-order valence-corrected chi connectivity index (χ3v) is 2.94. The second-order valence-electron chi connectivity index (χ2n) is 3.06. The van der Waals surface area contributed by atoms with Crippen molar-refractivity contribution in [3.63, 3.8) is 0 Å². The standard InChI is InChI=1S/C10H6FIN2O2/c11-6-3-1-5(2-4-6)8-13-9(15)7(12)10(16)14-8/h1-4H,(H2,13,14,15,16). The second kappa shape index (κ2) is 4.20. The van der Waals surface area contributed by atoms with E-state index in [1.807, 2.05) is 0 Å². The molecule has 0 unspecified atom stereocenters. The Labute approximate surface area is 103 Å². The average Bonchev–Trinajstić information content (AvgIpc) is 2.26. The fourth-order valence-corrected chi connectivity index (χ4v) is 1.45. The first kappa shape index (κ1) is 11.1. The molecule has 6 heteroatoms. The van der Waals surface area contributed by atoms with Crippen LogP contribution in [0, 0.1) is 9.39 Å². The summed E-state index contributed by atoms with van der Waals surface area (Å²) in [6.45, 7) is 0. The molecule has 2 rings (SSSR count). The Balaban J connectivity index is 2.57. The van der Waals surface area contributed by atoms with E-state index in [1.54, 1.807) is 22.6 Å². The van der Waals surface area contributed by atoms with Crippen LogP contribution in [-0.2, 0) is 0 Å². The highest BCUT2D eigenvalue weighted by Crippen LogP contribution is 2.18. The zero-order valence-corrected chi connectivity index (χ0v) is 10.0. The first-order valence-corrected chi connectivity index (χ1v) is 5.40. The summed E-state index contributed by atoms with van der Waals surface area (Å²) < 4.78 is 12.8. The molecule has 0 aliphatic rings. The maximum absolute atomic E-state index is 12.7. The summed E-state index contributed by atoms with van der Waals surface area (Å²) >= 11 is 1.69. The molecule has 2 N–H and O–H groups in total. The first-order chi connectivity index (χ1) is 7.58. The average molecular weight is 332 g/mol. The normalized spacial score (nSPS) is 10.4. The van der Waals surface area contributed by atoms with Crippen LogP contribution in [0.3, 0.4) is 0 Å². The molecule has 0 bridgehead atoms. The van der Waals surface area contributed by atoms with E-state index in [-0.39, 0.29) is 21.1 Å². The van der Waals surface area contributed by atoms with E-state index >= 15 is 0 Å².